The molecule has 0 amide bonds. The highest BCUT2D eigenvalue weighted by Crippen LogP contribution is 2.15. The number of aliphatic hydroxyl groups is 1. The van der Waals surface area contributed by atoms with E-state index in [1.807, 2.05) is 0 Å². The Kier molecular flexibility index (Phi) is 2.93. The van der Waals surface area contributed by atoms with E-state index in [2.05, 4.69) is 10.3 Å². The van der Waals surface area contributed by atoms with Gasteiger partial charge < -0.3 is 10.8 Å². The molecule has 84 valence electrons. The summed E-state index contributed by atoms with van der Waals surface area (Å²) in [5.74, 6) is -0.367. The number of aromatic nitrogens is 3. The summed E-state index contributed by atoms with van der Waals surface area (Å²) in [7, 11) is 0. The van der Waals surface area contributed by atoms with Crippen LogP contribution in [0.4, 0.5) is 4.39 Å². The summed E-state index contributed by atoms with van der Waals surface area (Å²) >= 11 is 0. The zero-order valence-electron chi connectivity index (χ0n) is 8.47. The van der Waals surface area contributed by atoms with Crippen molar-refractivity contribution in [2.24, 2.45) is 5.73 Å². The van der Waals surface area contributed by atoms with Gasteiger partial charge in [0.1, 0.15) is 11.5 Å². The maximum Gasteiger partial charge on any atom is 0.125 e. The molecule has 0 saturated heterocycles. The molecule has 16 heavy (non-hydrogen) atoms. The van der Waals surface area contributed by atoms with Gasteiger partial charge in [0.25, 0.3) is 0 Å². The quantitative estimate of drug-likeness (QED) is 0.786. The second-order valence-corrected chi connectivity index (χ2v) is 3.29. The van der Waals surface area contributed by atoms with Gasteiger partial charge in [0.2, 0.25) is 0 Å². The van der Waals surface area contributed by atoms with E-state index < -0.39 is 0 Å². The van der Waals surface area contributed by atoms with Crippen LogP contribution in [0.3, 0.4) is 0 Å². The van der Waals surface area contributed by atoms with Crippen LogP contribution in [-0.2, 0) is 13.2 Å². The van der Waals surface area contributed by atoms with Crippen molar-refractivity contribution in [3.05, 3.63) is 41.5 Å². The van der Waals surface area contributed by atoms with Crippen LogP contribution < -0.4 is 5.73 Å². The van der Waals surface area contributed by atoms with E-state index in [1.165, 1.54) is 23.0 Å². The minimum atomic E-state index is -0.367. The van der Waals surface area contributed by atoms with E-state index in [-0.39, 0.29) is 19.0 Å². The van der Waals surface area contributed by atoms with Crippen LogP contribution in [0.25, 0.3) is 5.69 Å². The molecule has 0 spiro atoms. The van der Waals surface area contributed by atoms with Gasteiger partial charge in [0.05, 0.1) is 18.5 Å². The van der Waals surface area contributed by atoms with Crippen LogP contribution in [0.15, 0.2) is 24.4 Å². The smallest absolute Gasteiger partial charge is 0.125 e. The van der Waals surface area contributed by atoms with Gasteiger partial charge in [-0.3, -0.25) is 0 Å². The molecule has 2 aromatic rings. The Morgan fingerprint density at radius 3 is 2.88 bits per heavy atom. The molecule has 0 aliphatic heterocycles. The van der Waals surface area contributed by atoms with Crippen LogP contribution in [-0.4, -0.2) is 20.1 Å². The first-order valence-corrected chi connectivity index (χ1v) is 4.75. The molecule has 0 unspecified atom stereocenters. The molecular formula is C10H11FN4O. The fourth-order valence-corrected chi connectivity index (χ4v) is 1.41. The first-order valence-electron chi connectivity index (χ1n) is 4.75. The monoisotopic (exact) mass is 222 g/mol. The minimum Gasteiger partial charge on any atom is -0.390 e. The van der Waals surface area contributed by atoms with Crippen LogP contribution in [0.5, 0.6) is 0 Å². The molecule has 0 aliphatic carbocycles. The molecule has 0 radical (unpaired) electrons. The number of nitrogens with two attached hydrogens (primary N) is 1. The van der Waals surface area contributed by atoms with E-state index in [0.29, 0.717) is 11.4 Å². The third-order valence-corrected chi connectivity index (χ3v) is 2.22. The van der Waals surface area contributed by atoms with Crippen molar-refractivity contribution in [3.63, 3.8) is 0 Å². The largest absolute Gasteiger partial charge is 0.390 e. The molecule has 0 bridgehead atoms. The van der Waals surface area contributed by atoms with Gasteiger partial charge in [-0.1, -0.05) is 11.3 Å². The summed E-state index contributed by atoms with van der Waals surface area (Å²) < 4.78 is 14.5. The highest BCUT2D eigenvalue weighted by molar-refractivity contribution is 5.40. The Hall–Kier alpha value is -1.79. The van der Waals surface area contributed by atoms with Crippen molar-refractivity contribution in [1.82, 2.24) is 15.0 Å². The topological polar surface area (TPSA) is 77.0 Å². The molecule has 1 heterocycles. The first kappa shape index (κ1) is 10.7. The SMILES string of the molecule is NCc1ccc(F)cc1-n1cc(CO)nn1. The van der Waals surface area contributed by atoms with Gasteiger partial charge in [0, 0.05) is 6.54 Å². The van der Waals surface area contributed by atoms with E-state index in [1.54, 1.807) is 6.07 Å². The lowest BCUT2D eigenvalue weighted by Gasteiger charge is -2.06. The maximum atomic E-state index is 13.1. The predicted octanol–water partition coefficient (Wildman–Crippen LogP) is 0.357. The molecule has 0 saturated carbocycles. The van der Waals surface area contributed by atoms with Crippen molar-refractivity contribution < 1.29 is 9.50 Å². The summed E-state index contributed by atoms with van der Waals surface area (Å²) in [4.78, 5) is 0. The van der Waals surface area contributed by atoms with Gasteiger partial charge in [-0.2, -0.15) is 0 Å². The van der Waals surface area contributed by atoms with Gasteiger partial charge in [-0.25, -0.2) is 9.07 Å². The number of nitrogens with zero attached hydrogens (tertiary/aromatic N) is 3. The van der Waals surface area contributed by atoms with Crippen molar-refractivity contribution in [1.29, 1.82) is 0 Å². The lowest BCUT2D eigenvalue weighted by Crippen LogP contribution is -2.05. The van der Waals surface area contributed by atoms with Crippen LogP contribution in [0.2, 0.25) is 0 Å². The summed E-state index contributed by atoms with van der Waals surface area (Å²) in [6.07, 6.45) is 1.54. The standard InChI is InChI=1S/C10H11FN4O/c11-8-2-1-7(4-12)10(3-8)15-5-9(6-16)13-14-15/h1-3,5,16H,4,6,12H2. The molecule has 0 aliphatic rings. The third kappa shape index (κ3) is 1.93. The summed E-state index contributed by atoms with van der Waals surface area (Å²) in [5, 5.41) is 16.4. The average molecular weight is 222 g/mol. The number of hydrogen-bond acceptors (Lipinski definition) is 4. The predicted molar refractivity (Wildman–Crippen MR) is 55.1 cm³/mol. The van der Waals surface area contributed by atoms with Crippen molar-refractivity contribution in [3.8, 4) is 5.69 Å². The highest BCUT2D eigenvalue weighted by Gasteiger charge is 2.07. The molecule has 3 N–H and O–H groups in total. The molecule has 0 atom stereocenters. The van der Waals surface area contributed by atoms with Crippen LogP contribution in [0.1, 0.15) is 11.3 Å². The number of hydrogen-bond donors (Lipinski definition) is 2. The molecule has 5 nitrogen and oxygen atoms in total. The number of rotatable bonds is 3. The fourth-order valence-electron chi connectivity index (χ4n) is 1.41. The number of aliphatic hydroxyl groups excluding tert-OH is 1. The Balaban J connectivity index is 2.49. The Labute approximate surface area is 91.3 Å². The zero-order chi connectivity index (χ0) is 11.5. The molecule has 2 rings (SSSR count). The highest BCUT2D eigenvalue weighted by atomic mass is 19.1. The Morgan fingerprint density at radius 2 is 2.25 bits per heavy atom. The van der Waals surface area contributed by atoms with Crippen molar-refractivity contribution in [2.75, 3.05) is 0 Å². The van der Waals surface area contributed by atoms with Crippen LogP contribution >= 0.6 is 0 Å². The Morgan fingerprint density at radius 1 is 1.44 bits per heavy atom. The Bertz CT molecular complexity index is 497. The maximum absolute atomic E-state index is 13.1. The first-order chi connectivity index (χ1) is 7.74. The zero-order valence-corrected chi connectivity index (χ0v) is 8.47. The summed E-state index contributed by atoms with van der Waals surface area (Å²) in [6, 6.07) is 4.28. The van der Waals surface area contributed by atoms with E-state index in [9.17, 15) is 4.39 Å². The number of benzene rings is 1. The van der Waals surface area contributed by atoms with Crippen molar-refractivity contribution in [2.45, 2.75) is 13.2 Å². The minimum absolute atomic E-state index is 0.201. The normalized spacial score (nSPS) is 10.7. The average Bonchev–Trinajstić information content (AvgIpc) is 2.77. The van der Waals surface area contributed by atoms with Crippen LogP contribution in [0, 0.1) is 5.82 Å². The second-order valence-electron chi connectivity index (χ2n) is 3.29. The van der Waals surface area contributed by atoms with Crippen molar-refractivity contribution >= 4 is 0 Å². The molecule has 0 fully saturated rings. The van der Waals surface area contributed by atoms with Gasteiger partial charge in [0.15, 0.2) is 0 Å². The summed E-state index contributed by atoms with van der Waals surface area (Å²) in [6.45, 7) is 0.0806. The lowest BCUT2D eigenvalue weighted by atomic mass is 10.2. The second kappa shape index (κ2) is 4.38. The summed E-state index contributed by atoms with van der Waals surface area (Å²) in [5.41, 5.74) is 7.26. The van der Waals surface area contributed by atoms with Gasteiger partial charge >= 0.3 is 0 Å². The molecule has 1 aromatic heterocycles. The van der Waals surface area contributed by atoms with E-state index >= 15 is 0 Å². The molecule has 6 heteroatoms. The van der Waals surface area contributed by atoms with E-state index in [0.717, 1.165) is 5.56 Å². The third-order valence-electron chi connectivity index (χ3n) is 2.22. The van der Waals surface area contributed by atoms with Gasteiger partial charge in [-0.05, 0) is 17.7 Å². The number of halogens is 1. The lowest BCUT2D eigenvalue weighted by molar-refractivity contribution is 0.276. The fraction of sp³-hybridized carbons (Fsp3) is 0.200. The van der Waals surface area contributed by atoms with E-state index in [4.69, 9.17) is 10.8 Å². The molecule has 1 aromatic carbocycles. The van der Waals surface area contributed by atoms with Gasteiger partial charge in [-0.15, -0.1) is 5.10 Å². The molecular weight excluding hydrogens is 211 g/mol.